The molecule has 1 saturated carbocycles. The number of anilines is 1. The van der Waals surface area contributed by atoms with Gasteiger partial charge in [-0.25, -0.2) is 23.1 Å². The number of hydrogen-bond acceptors (Lipinski definition) is 6. The summed E-state index contributed by atoms with van der Waals surface area (Å²) in [5.41, 5.74) is 8.94. The monoisotopic (exact) mass is 415 g/mol. The Morgan fingerprint density at radius 1 is 1.21 bits per heavy atom. The fourth-order valence-electron chi connectivity index (χ4n) is 3.89. The second-order valence-corrected chi connectivity index (χ2v) is 9.17. The number of hydrogen-bond donors (Lipinski definition) is 2. The van der Waals surface area contributed by atoms with Crippen LogP contribution in [0.4, 0.5) is 5.82 Å². The number of nitrogen functional groups attached to an aromatic ring is 1. The van der Waals surface area contributed by atoms with Crippen LogP contribution in [-0.2, 0) is 14.8 Å². The second-order valence-electron chi connectivity index (χ2n) is 7.46. The molecule has 3 N–H and O–H groups in total. The Bertz CT molecular complexity index is 1130. The number of ether oxygens (including phenoxy) is 1. The number of methoxy groups -OCH3 is 1. The fourth-order valence-corrected chi connectivity index (χ4v) is 5.22. The lowest BCUT2D eigenvalue weighted by Crippen LogP contribution is -2.38. The van der Waals surface area contributed by atoms with E-state index in [9.17, 15) is 8.42 Å². The van der Waals surface area contributed by atoms with Gasteiger partial charge in [0.2, 0.25) is 10.0 Å². The van der Waals surface area contributed by atoms with Crippen LogP contribution < -0.4 is 10.5 Å². The van der Waals surface area contributed by atoms with Gasteiger partial charge in [-0.2, -0.15) is 0 Å². The number of rotatable bonds is 5. The first kappa shape index (κ1) is 19.8. The van der Waals surface area contributed by atoms with Gasteiger partial charge in [0.1, 0.15) is 0 Å². The predicted octanol–water partition coefficient (Wildman–Crippen LogP) is 2.52. The summed E-state index contributed by atoms with van der Waals surface area (Å²) in [6.45, 7) is 1.94. The van der Waals surface area contributed by atoms with Crippen LogP contribution in [0.1, 0.15) is 31.2 Å². The third-order valence-electron chi connectivity index (χ3n) is 5.58. The number of imidazole rings is 1. The van der Waals surface area contributed by atoms with Crippen LogP contribution >= 0.6 is 0 Å². The minimum atomic E-state index is -3.63. The molecule has 2 heterocycles. The molecule has 8 nitrogen and oxygen atoms in total. The Labute approximate surface area is 170 Å². The Kier molecular flexibility index (Phi) is 5.28. The highest BCUT2D eigenvalue weighted by molar-refractivity contribution is 7.89. The number of fused-ring (bicyclic) bond motifs is 1. The summed E-state index contributed by atoms with van der Waals surface area (Å²) in [4.78, 5) is 8.62. The van der Waals surface area contributed by atoms with Crippen molar-refractivity contribution >= 4 is 21.5 Å². The van der Waals surface area contributed by atoms with Gasteiger partial charge in [0.25, 0.3) is 0 Å². The van der Waals surface area contributed by atoms with Gasteiger partial charge in [-0.15, -0.1) is 0 Å². The lowest BCUT2D eigenvalue weighted by molar-refractivity contribution is 0.0649. The fraction of sp³-hybridized carbons (Fsp3) is 0.400. The zero-order valence-electron chi connectivity index (χ0n) is 16.5. The van der Waals surface area contributed by atoms with E-state index in [0.29, 0.717) is 11.5 Å². The SMILES string of the molecule is CO[C@H]1CC[C@H](NS(=O)(=O)c2ccc(C)c(-c3cnc4c(N)nccn34)c2)CC1. The van der Waals surface area contributed by atoms with Gasteiger partial charge in [0.05, 0.1) is 22.9 Å². The Morgan fingerprint density at radius 3 is 2.69 bits per heavy atom. The molecule has 1 fully saturated rings. The number of nitrogens with two attached hydrogens (primary N) is 1. The van der Waals surface area contributed by atoms with E-state index in [1.54, 1.807) is 37.8 Å². The van der Waals surface area contributed by atoms with E-state index < -0.39 is 10.0 Å². The molecule has 0 unspecified atom stereocenters. The topological polar surface area (TPSA) is 112 Å². The molecule has 0 spiro atoms. The molecule has 0 saturated heterocycles. The van der Waals surface area contributed by atoms with Crippen molar-refractivity contribution in [3.8, 4) is 11.3 Å². The number of benzene rings is 1. The highest BCUT2D eigenvalue weighted by Gasteiger charge is 2.26. The molecule has 1 aliphatic rings. The highest BCUT2D eigenvalue weighted by Crippen LogP contribution is 2.29. The Morgan fingerprint density at radius 2 is 1.97 bits per heavy atom. The lowest BCUT2D eigenvalue weighted by Gasteiger charge is -2.28. The maximum absolute atomic E-state index is 13.0. The number of aryl methyl sites for hydroxylation is 1. The third kappa shape index (κ3) is 3.85. The van der Waals surface area contributed by atoms with E-state index in [2.05, 4.69) is 14.7 Å². The van der Waals surface area contributed by atoms with Crippen molar-refractivity contribution in [3.05, 3.63) is 42.4 Å². The quantitative estimate of drug-likeness (QED) is 0.662. The summed E-state index contributed by atoms with van der Waals surface area (Å²) >= 11 is 0. The van der Waals surface area contributed by atoms with E-state index in [1.807, 2.05) is 17.4 Å². The molecular weight excluding hydrogens is 390 g/mol. The van der Waals surface area contributed by atoms with Gasteiger partial charge >= 0.3 is 0 Å². The maximum atomic E-state index is 13.0. The van der Waals surface area contributed by atoms with E-state index in [4.69, 9.17) is 10.5 Å². The van der Waals surface area contributed by atoms with Crippen molar-refractivity contribution in [3.63, 3.8) is 0 Å². The number of aromatic nitrogens is 3. The number of nitrogens with zero attached hydrogens (tertiary/aromatic N) is 3. The zero-order chi connectivity index (χ0) is 20.6. The molecule has 0 atom stereocenters. The first-order valence-corrected chi connectivity index (χ1v) is 11.1. The van der Waals surface area contributed by atoms with Crippen LogP contribution in [0.5, 0.6) is 0 Å². The zero-order valence-corrected chi connectivity index (χ0v) is 17.3. The number of sulfonamides is 1. The van der Waals surface area contributed by atoms with Crippen LogP contribution in [0, 0.1) is 6.92 Å². The van der Waals surface area contributed by atoms with Crippen molar-refractivity contribution in [2.24, 2.45) is 0 Å². The van der Waals surface area contributed by atoms with Crippen molar-refractivity contribution in [1.82, 2.24) is 19.1 Å². The first-order valence-electron chi connectivity index (χ1n) is 9.62. The van der Waals surface area contributed by atoms with E-state index in [-0.39, 0.29) is 17.0 Å². The summed E-state index contributed by atoms with van der Waals surface area (Å²) in [6, 6.07) is 5.08. The van der Waals surface area contributed by atoms with Crippen LogP contribution in [0.2, 0.25) is 0 Å². The molecule has 29 heavy (non-hydrogen) atoms. The second kappa shape index (κ2) is 7.74. The maximum Gasteiger partial charge on any atom is 0.240 e. The minimum Gasteiger partial charge on any atom is -0.381 e. The van der Waals surface area contributed by atoms with Crippen LogP contribution in [0.3, 0.4) is 0 Å². The smallest absolute Gasteiger partial charge is 0.240 e. The highest BCUT2D eigenvalue weighted by atomic mass is 32.2. The first-order chi connectivity index (χ1) is 13.9. The average Bonchev–Trinajstić information content (AvgIpc) is 3.14. The minimum absolute atomic E-state index is 0.0715. The molecule has 9 heteroatoms. The molecule has 4 rings (SSSR count). The van der Waals surface area contributed by atoms with Gasteiger partial charge in [-0.1, -0.05) is 6.07 Å². The third-order valence-corrected chi connectivity index (χ3v) is 7.10. The summed E-state index contributed by atoms with van der Waals surface area (Å²) in [7, 11) is -1.93. The largest absolute Gasteiger partial charge is 0.381 e. The molecule has 1 aromatic carbocycles. The van der Waals surface area contributed by atoms with Crippen LogP contribution in [0.15, 0.2) is 41.7 Å². The predicted molar refractivity (Wildman–Crippen MR) is 111 cm³/mol. The van der Waals surface area contributed by atoms with Crippen molar-refractivity contribution in [2.45, 2.75) is 49.6 Å². The molecular formula is C20H25N5O3S. The molecule has 0 bridgehead atoms. The van der Waals surface area contributed by atoms with Gasteiger partial charge in [-0.05, 0) is 50.3 Å². The Hall–Kier alpha value is -2.49. The van der Waals surface area contributed by atoms with Crippen LogP contribution in [0.25, 0.3) is 16.9 Å². The number of nitrogens with one attached hydrogen (secondary N) is 1. The molecule has 0 radical (unpaired) electrons. The van der Waals surface area contributed by atoms with Gasteiger partial charge in [-0.3, -0.25) is 4.40 Å². The normalized spacial score (nSPS) is 20.2. The van der Waals surface area contributed by atoms with E-state index in [1.165, 1.54) is 0 Å². The summed E-state index contributed by atoms with van der Waals surface area (Å²) < 4.78 is 36.1. The molecule has 0 aliphatic heterocycles. The molecule has 1 aliphatic carbocycles. The molecule has 154 valence electrons. The van der Waals surface area contributed by atoms with E-state index >= 15 is 0 Å². The summed E-state index contributed by atoms with van der Waals surface area (Å²) in [5, 5.41) is 0. The standard InChI is InChI=1S/C20H25N5O3S/c1-13-3-8-16(29(26,27)24-14-4-6-15(28-2)7-5-14)11-17(13)18-12-23-20-19(21)22-9-10-25(18)20/h3,8-12,14-15,24H,4-7H2,1-2H3,(H2,21,22)/t14-,15-. The average molecular weight is 416 g/mol. The lowest BCUT2D eigenvalue weighted by atomic mass is 9.94. The van der Waals surface area contributed by atoms with E-state index in [0.717, 1.165) is 42.5 Å². The van der Waals surface area contributed by atoms with Crippen molar-refractivity contribution < 1.29 is 13.2 Å². The van der Waals surface area contributed by atoms with Crippen molar-refractivity contribution in [1.29, 1.82) is 0 Å². The summed E-state index contributed by atoms with van der Waals surface area (Å²) in [5.74, 6) is 0.327. The van der Waals surface area contributed by atoms with Gasteiger partial charge in [0.15, 0.2) is 11.5 Å². The Balaban J connectivity index is 1.65. The van der Waals surface area contributed by atoms with Gasteiger partial charge < -0.3 is 10.5 Å². The van der Waals surface area contributed by atoms with Crippen molar-refractivity contribution in [2.75, 3.05) is 12.8 Å². The molecule has 3 aromatic rings. The van der Waals surface area contributed by atoms with Gasteiger partial charge in [0, 0.05) is 31.1 Å². The molecule has 0 amide bonds. The molecule has 2 aromatic heterocycles. The summed E-state index contributed by atoms with van der Waals surface area (Å²) in [6.07, 6.45) is 8.54. The van der Waals surface area contributed by atoms with Crippen LogP contribution in [-0.4, -0.2) is 42.0 Å².